The molecule has 1 saturated heterocycles. The minimum absolute atomic E-state index is 0.133. The van der Waals surface area contributed by atoms with Crippen molar-refractivity contribution in [3.63, 3.8) is 0 Å². The lowest BCUT2D eigenvalue weighted by Gasteiger charge is -2.46. The largest absolute Gasteiger partial charge is 0.460 e. The fraction of sp³-hybridized carbons (Fsp3) is 0.708. The Morgan fingerprint density at radius 1 is 1.27 bits per heavy atom. The topological polar surface area (TPSA) is 78.9 Å². The molecule has 1 aliphatic heterocycles. The molecule has 166 valence electrons. The van der Waals surface area contributed by atoms with E-state index in [1.807, 2.05) is 0 Å². The van der Waals surface area contributed by atoms with Gasteiger partial charge in [0.2, 0.25) is 0 Å². The molecule has 2 saturated carbocycles. The average Bonchev–Trinajstić information content (AvgIpc) is 3.13. The van der Waals surface area contributed by atoms with Crippen molar-refractivity contribution in [1.29, 1.82) is 0 Å². The Morgan fingerprint density at radius 3 is 2.47 bits per heavy atom. The number of carbonyl (C=O) groups excluding carboxylic acids is 3. The van der Waals surface area contributed by atoms with E-state index in [0.29, 0.717) is 24.0 Å². The minimum Gasteiger partial charge on any atom is -0.460 e. The molecular weight excluding hydrogens is 384 g/mol. The molecule has 0 bridgehead atoms. The number of hydrogen-bond donors (Lipinski definition) is 0. The van der Waals surface area contributed by atoms with E-state index < -0.39 is 17.6 Å². The lowest BCUT2D eigenvalue weighted by Crippen LogP contribution is -2.50. The van der Waals surface area contributed by atoms with Gasteiger partial charge in [-0.15, -0.1) is 0 Å². The summed E-state index contributed by atoms with van der Waals surface area (Å²) in [5.41, 5.74) is -0.264. The Balaban J connectivity index is 2.08. The molecule has 30 heavy (non-hydrogen) atoms. The number of rotatable bonds is 4. The van der Waals surface area contributed by atoms with Crippen LogP contribution in [0.25, 0.3) is 0 Å². The number of esters is 3. The van der Waals surface area contributed by atoms with E-state index in [1.54, 1.807) is 33.8 Å². The molecular formula is C24H34O6. The Bertz CT molecular complexity index is 778. The van der Waals surface area contributed by atoms with E-state index in [-0.39, 0.29) is 47.7 Å². The Labute approximate surface area is 179 Å². The molecule has 0 aromatic carbocycles. The summed E-state index contributed by atoms with van der Waals surface area (Å²) in [7, 11) is 0. The number of fused-ring (bicyclic) bond motifs is 1. The molecule has 0 aromatic rings. The highest BCUT2D eigenvalue weighted by Gasteiger charge is 2.72. The Hall–Kier alpha value is -2.11. The van der Waals surface area contributed by atoms with Gasteiger partial charge in [0.25, 0.3) is 0 Å². The molecule has 3 rings (SSSR count). The average molecular weight is 419 g/mol. The normalized spacial score (nSPS) is 38.6. The first-order chi connectivity index (χ1) is 14.0. The van der Waals surface area contributed by atoms with Crippen LogP contribution in [0, 0.1) is 28.6 Å². The second-order valence-electron chi connectivity index (χ2n) is 9.77. The van der Waals surface area contributed by atoms with Gasteiger partial charge in [-0.2, -0.15) is 0 Å². The van der Waals surface area contributed by atoms with Crippen LogP contribution in [-0.2, 0) is 28.6 Å². The zero-order chi connectivity index (χ0) is 22.4. The molecule has 2 aliphatic carbocycles. The molecule has 1 heterocycles. The van der Waals surface area contributed by atoms with Gasteiger partial charge in [0.1, 0.15) is 24.2 Å². The quantitative estimate of drug-likeness (QED) is 0.297. The predicted octanol–water partition coefficient (Wildman–Crippen LogP) is 3.99. The summed E-state index contributed by atoms with van der Waals surface area (Å²) in [6.45, 7) is 15.6. The van der Waals surface area contributed by atoms with E-state index in [1.165, 1.54) is 0 Å². The van der Waals surface area contributed by atoms with Crippen molar-refractivity contribution in [2.75, 3.05) is 6.61 Å². The summed E-state index contributed by atoms with van der Waals surface area (Å²) in [5, 5.41) is 0. The number of allylic oxidation sites excluding steroid dienone is 1. The fourth-order valence-corrected chi connectivity index (χ4v) is 5.50. The molecule has 0 amide bonds. The zero-order valence-corrected chi connectivity index (χ0v) is 18.9. The molecule has 0 N–H and O–H groups in total. The van der Waals surface area contributed by atoms with Gasteiger partial charge in [0, 0.05) is 11.5 Å². The van der Waals surface area contributed by atoms with Crippen molar-refractivity contribution in [2.45, 2.75) is 73.0 Å². The molecule has 0 aromatic heterocycles. The second kappa shape index (κ2) is 7.86. The maximum absolute atomic E-state index is 13.1. The van der Waals surface area contributed by atoms with Gasteiger partial charge in [0.15, 0.2) is 0 Å². The summed E-state index contributed by atoms with van der Waals surface area (Å²) >= 11 is 0. The predicted molar refractivity (Wildman–Crippen MR) is 111 cm³/mol. The summed E-state index contributed by atoms with van der Waals surface area (Å²) in [5.74, 6) is -1.51. The van der Waals surface area contributed by atoms with Crippen LogP contribution in [-0.4, -0.2) is 36.7 Å². The highest BCUT2D eigenvalue weighted by atomic mass is 16.6. The van der Waals surface area contributed by atoms with E-state index in [4.69, 9.17) is 14.2 Å². The van der Waals surface area contributed by atoms with Crippen LogP contribution in [0.5, 0.6) is 0 Å². The van der Waals surface area contributed by atoms with Crippen molar-refractivity contribution < 1.29 is 28.6 Å². The third-order valence-corrected chi connectivity index (χ3v) is 7.74. The van der Waals surface area contributed by atoms with Gasteiger partial charge in [-0.05, 0) is 50.0 Å². The van der Waals surface area contributed by atoms with Crippen molar-refractivity contribution in [1.82, 2.24) is 0 Å². The van der Waals surface area contributed by atoms with Crippen LogP contribution in [0.2, 0.25) is 0 Å². The summed E-state index contributed by atoms with van der Waals surface area (Å²) in [6, 6.07) is 0. The third kappa shape index (κ3) is 3.28. The lowest BCUT2D eigenvalue weighted by molar-refractivity contribution is -0.176. The highest BCUT2D eigenvalue weighted by Crippen LogP contribution is 2.66. The summed E-state index contributed by atoms with van der Waals surface area (Å²) in [4.78, 5) is 38.3. The highest BCUT2D eigenvalue weighted by molar-refractivity contribution is 5.88. The first-order valence-corrected chi connectivity index (χ1v) is 10.9. The van der Waals surface area contributed by atoms with E-state index in [9.17, 15) is 14.4 Å². The minimum atomic E-state index is -1.08. The number of cyclic esters (lactones) is 1. The van der Waals surface area contributed by atoms with Gasteiger partial charge in [-0.1, -0.05) is 40.3 Å². The number of hydrogen-bond acceptors (Lipinski definition) is 6. The first-order valence-electron chi connectivity index (χ1n) is 10.9. The SMILES string of the molecule is C=C1COC(=O)[C@]12C[C@@]1(C)[C@H]([C@@H](OC(=O)C(C)=CC)CC[C@@H]1C)[C@H]2OC(=O)C(C)C. The van der Waals surface area contributed by atoms with Gasteiger partial charge in [-0.25, -0.2) is 4.79 Å². The molecule has 1 spiro atoms. The molecule has 6 nitrogen and oxygen atoms in total. The lowest BCUT2D eigenvalue weighted by atomic mass is 9.61. The van der Waals surface area contributed by atoms with E-state index >= 15 is 0 Å². The van der Waals surface area contributed by atoms with E-state index in [2.05, 4.69) is 20.4 Å². The van der Waals surface area contributed by atoms with Gasteiger partial charge in [-0.3, -0.25) is 9.59 Å². The standard InChI is InChI=1S/C24H34O6/c1-8-14(4)21(26)29-17-10-9-15(5)23(7)12-24(16(6)11-28-22(24)27)19(18(17)23)30-20(25)13(2)3/h8,13,15,17-19H,6,9-12H2,1-5,7H3/t15-,17-,18+,19+,23+,24+/m0/s1. The zero-order valence-electron chi connectivity index (χ0n) is 18.9. The molecule has 6 atom stereocenters. The van der Waals surface area contributed by atoms with E-state index in [0.717, 1.165) is 6.42 Å². The monoisotopic (exact) mass is 418 g/mol. The molecule has 3 fully saturated rings. The maximum Gasteiger partial charge on any atom is 0.333 e. The molecule has 6 heteroatoms. The van der Waals surface area contributed by atoms with Crippen LogP contribution >= 0.6 is 0 Å². The second-order valence-corrected chi connectivity index (χ2v) is 9.77. The molecule has 0 radical (unpaired) electrons. The van der Waals surface area contributed by atoms with Crippen molar-refractivity contribution in [3.05, 3.63) is 23.8 Å². The number of ether oxygens (including phenoxy) is 3. The maximum atomic E-state index is 13.1. The van der Waals surface area contributed by atoms with Crippen LogP contribution in [0.15, 0.2) is 23.8 Å². The van der Waals surface area contributed by atoms with Crippen molar-refractivity contribution in [2.24, 2.45) is 28.6 Å². The number of carbonyl (C=O) groups is 3. The van der Waals surface area contributed by atoms with Crippen LogP contribution < -0.4 is 0 Å². The molecule has 3 aliphatic rings. The van der Waals surface area contributed by atoms with Crippen molar-refractivity contribution >= 4 is 17.9 Å². The summed E-state index contributed by atoms with van der Waals surface area (Å²) < 4.78 is 17.4. The smallest absolute Gasteiger partial charge is 0.333 e. The van der Waals surface area contributed by atoms with Gasteiger partial charge < -0.3 is 14.2 Å². The van der Waals surface area contributed by atoms with Crippen LogP contribution in [0.1, 0.15) is 60.8 Å². The van der Waals surface area contributed by atoms with Gasteiger partial charge in [0.05, 0.1) is 5.92 Å². The molecule has 0 unspecified atom stereocenters. The third-order valence-electron chi connectivity index (χ3n) is 7.74. The fourth-order valence-electron chi connectivity index (χ4n) is 5.50. The first kappa shape index (κ1) is 22.6. The van der Waals surface area contributed by atoms with Gasteiger partial charge >= 0.3 is 17.9 Å². The van der Waals surface area contributed by atoms with Crippen LogP contribution in [0.4, 0.5) is 0 Å². The Morgan fingerprint density at radius 2 is 1.93 bits per heavy atom. The van der Waals surface area contributed by atoms with Crippen LogP contribution in [0.3, 0.4) is 0 Å². The Kier molecular flexibility index (Phi) is 5.91. The van der Waals surface area contributed by atoms with Crippen molar-refractivity contribution in [3.8, 4) is 0 Å². The summed E-state index contributed by atoms with van der Waals surface area (Å²) in [6.07, 6.45) is 2.52.